The van der Waals surface area contributed by atoms with Gasteiger partial charge in [0.25, 0.3) is 0 Å². The van der Waals surface area contributed by atoms with E-state index >= 15 is 0 Å². The average Bonchev–Trinajstić information content (AvgIpc) is 2.92. The summed E-state index contributed by atoms with van der Waals surface area (Å²) in [5, 5.41) is 0. The van der Waals surface area contributed by atoms with E-state index in [4.69, 9.17) is 10.5 Å². The fraction of sp³-hybridized carbons (Fsp3) is 0.769. The Morgan fingerprint density at radius 3 is 2.63 bits per heavy atom. The molecule has 106 valence electrons. The Labute approximate surface area is 112 Å². The number of likely N-dealkylation sites (tertiary alicyclic amines) is 1. The number of carbonyl (C=O) groups excluding carboxylic acids is 3. The fourth-order valence-electron chi connectivity index (χ4n) is 3.12. The van der Waals surface area contributed by atoms with Crippen LogP contribution in [-0.4, -0.2) is 41.9 Å². The first-order valence-corrected chi connectivity index (χ1v) is 6.69. The summed E-state index contributed by atoms with van der Waals surface area (Å²) < 4.78 is 4.77. The van der Waals surface area contributed by atoms with E-state index in [2.05, 4.69) is 0 Å². The molecule has 2 aliphatic rings. The lowest BCUT2D eigenvalue weighted by Gasteiger charge is -2.29. The van der Waals surface area contributed by atoms with E-state index < -0.39 is 11.5 Å². The molecular weight excluding hydrogens is 248 g/mol. The second-order valence-electron chi connectivity index (χ2n) is 5.35. The van der Waals surface area contributed by atoms with Crippen molar-refractivity contribution in [2.24, 2.45) is 11.7 Å². The molecule has 0 aromatic heterocycles. The highest BCUT2D eigenvalue weighted by atomic mass is 16.5. The number of ether oxygens (including phenoxy) is 1. The van der Waals surface area contributed by atoms with Gasteiger partial charge in [0.15, 0.2) is 0 Å². The van der Waals surface area contributed by atoms with E-state index in [-0.39, 0.29) is 17.7 Å². The number of esters is 1. The van der Waals surface area contributed by atoms with Crippen LogP contribution < -0.4 is 5.73 Å². The molecule has 1 aliphatic carbocycles. The van der Waals surface area contributed by atoms with Gasteiger partial charge in [-0.1, -0.05) is 6.42 Å². The molecule has 1 saturated carbocycles. The minimum absolute atomic E-state index is 0.0267. The number of hydrogen-bond donors (Lipinski definition) is 1. The molecular formula is C13H20N2O4. The average molecular weight is 268 g/mol. The summed E-state index contributed by atoms with van der Waals surface area (Å²) >= 11 is 0. The van der Waals surface area contributed by atoms with Crippen LogP contribution in [0.25, 0.3) is 0 Å². The standard InChI is InChI=1S/C13H20N2O4/c1-19-12(18)13(14)7-2-3-9(13)6-8-15-10(16)4-5-11(15)17/h9H,2-8,14H2,1H3. The van der Waals surface area contributed by atoms with Crippen LogP contribution in [0.4, 0.5) is 0 Å². The van der Waals surface area contributed by atoms with Gasteiger partial charge in [0.1, 0.15) is 5.54 Å². The van der Waals surface area contributed by atoms with Gasteiger partial charge in [-0.25, -0.2) is 0 Å². The number of methoxy groups -OCH3 is 1. The van der Waals surface area contributed by atoms with E-state index in [1.165, 1.54) is 12.0 Å². The van der Waals surface area contributed by atoms with Gasteiger partial charge in [0, 0.05) is 19.4 Å². The molecule has 19 heavy (non-hydrogen) atoms. The quantitative estimate of drug-likeness (QED) is 0.581. The van der Waals surface area contributed by atoms with Crippen molar-refractivity contribution in [1.82, 2.24) is 4.90 Å². The molecule has 6 nitrogen and oxygen atoms in total. The van der Waals surface area contributed by atoms with Gasteiger partial charge in [0.2, 0.25) is 11.8 Å². The Morgan fingerprint density at radius 2 is 2.05 bits per heavy atom. The van der Waals surface area contributed by atoms with E-state index in [9.17, 15) is 14.4 Å². The van der Waals surface area contributed by atoms with Gasteiger partial charge in [-0.05, 0) is 25.2 Å². The highest BCUT2D eigenvalue weighted by molar-refractivity contribution is 6.01. The number of nitrogens with zero attached hydrogens (tertiary/aromatic N) is 1. The first kappa shape index (κ1) is 14.0. The summed E-state index contributed by atoms with van der Waals surface area (Å²) in [5.74, 6) is -0.664. The maximum Gasteiger partial charge on any atom is 0.326 e. The Kier molecular flexibility index (Phi) is 3.89. The van der Waals surface area contributed by atoms with Gasteiger partial charge >= 0.3 is 5.97 Å². The summed E-state index contributed by atoms with van der Waals surface area (Å²) in [5.41, 5.74) is 5.19. The SMILES string of the molecule is COC(=O)C1(N)CCCC1CCN1C(=O)CCC1=O. The molecule has 0 radical (unpaired) electrons. The molecule has 2 atom stereocenters. The zero-order valence-corrected chi connectivity index (χ0v) is 11.2. The smallest absolute Gasteiger partial charge is 0.326 e. The fourth-order valence-corrected chi connectivity index (χ4v) is 3.12. The van der Waals surface area contributed by atoms with Crippen molar-refractivity contribution in [1.29, 1.82) is 0 Å². The molecule has 2 fully saturated rings. The van der Waals surface area contributed by atoms with Gasteiger partial charge in [-0.15, -0.1) is 0 Å². The molecule has 1 saturated heterocycles. The van der Waals surface area contributed by atoms with Crippen LogP contribution in [0.5, 0.6) is 0 Å². The molecule has 2 N–H and O–H groups in total. The molecule has 2 amide bonds. The monoisotopic (exact) mass is 268 g/mol. The van der Waals surface area contributed by atoms with Crippen LogP contribution in [0.1, 0.15) is 38.5 Å². The van der Waals surface area contributed by atoms with E-state index in [0.29, 0.717) is 32.2 Å². The number of nitrogens with two attached hydrogens (primary N) is 1. The van der Waals surface area contributed by atoms with E-state index in [1.807, 2.05) is 0 Å². The number of imide groups is 1. The number of rotatable bonds is 4. The van der Waals surface area contributed by atoms with Crippen molar-refractivity contribution in [2.45, 2.75) is 44.1 Å². The first-order chi connectivity index (χ1) is 8.99. The van der Waals surface area contributed by atoms with Crippen LogP contribution in [-0.2, 0) is 19.1 Å². The molecule has 0 aromatic carbocycles. The number of hydrogen-bond acceptors (Lipinski definition) is 5. The molecule has 0 spiro atoms. The zero-order chi connectivity index (χ0) is 14.0. The summed E-state index contributed by atoms with van der Waals surface area (Å²) in [6.45, 7) is 0.359. The van der Waals surface area contributed by atoms with Gasteiger partial charge < -0.3 is 10.5 Å². The zero-order valence-electron chi connectivity index (χ0n) is 11.2. The summed E-state index contributed by atoms with van der Waals surface area (Å²) in [7, 11) is 1.33. The van der Waals surface area contributed by atoms with Crippen molar-refractivity contribution >= 4 is 17.8 Å². The third-order valence-corrected chi connectivity index (χ3v) is 4.29. The molecule has 1 aliphatic heterocycles. The van der Waals surface area contributed by atoms with Crippen LogP contribution in [0.2, 0.25) is 0 Å². The lowest BCUT2D eigenvalue weighted by atomic mass is 9.85. The molecule has 2 unspecified atom stereocenters. The maximum atomic E-state index is 11.8. The van der Waals surface area contributed by atoms with E-state index in [0.717, 1.165) is 12.8 Å². The Balaban J connectivity index is 1.97. The van der Waals surface area contributed by atoms with Crippen molar-refractivity contribution < 1.29 is 19.1 Å². The third-order valence-electron chi connectivity index (χ3n) is 4.29. The van der Waals surface area contributed by atoms with Gasteiger partial charge in [0.05, 0.1) is 7.11 Å². The molecule has 1 heterocycles. The largest absolute Gasteiger partial charge is 0.468 e. The van der Waals surface area contributed by atoms with Crippen molar-refractivity contribution in [3.05, 3.63) is 0 Å². The minimum atomic E-state index is -0.958. The topological polar surface area (TPSA) is 89.7 Å². The predicted octanol–water partition coefficient (Wildman–Crippen LogP) is 0.196. The lowest BCUT2D eigenvalue weighted by molar-refractivity contribution is -0.148. The van der Waals surface area contributed by atoms with Crippen molar-refractivity contribution in [2.75, 3.05) is 13.7 Å². The summed E-state index contributed by atoms with van der Waals surface area (Å²) in [4.78, 5) is 36.1. The molecule has 0 aromatic rings. The van der Waals surface area contributed by atoms with Crippen molar-refractivity contribution in [3.63, 3.8) is 0 Å². The lowest BCUT2D eigenvalue weighted by Crippen LogP contribution is -2.52. The predicted molar refractivity (Wildman–Crippen MR) is 66.8 cm³/mol. The molecule has 0 bridgehead atoms. The first-order valence-electron chi connectivity index (χ1n) is 6.69. The second-order valence-corrected chi connectivity index (χ2v) is 5.35. The molecule has 2 rings (SSSR count). The highest BCUT2D eigenvalue weighted by Crippen LogP contribution is 2.37. The highest BCUT2D eigenvalue weighted by Gasteiger charge is 2.46. The summed E-state index contributed by atoms with van der Waals surface area (Å²) in [6, 6.07) is 0. The van der Waals surface area contributed by atoms with Gasteiger partial charge in [-0.3, -0.25) is 19.3 Å². The van der Waals surface area contributed by atoms with Gasteiger partial charge in [-0.2, -0.15) is 0 Å². The minimum Gasteiger partial charge on any atom is -0.468 e. The summed E-state index contributed by atoms with van der Waals surface area (Å²) in [6.07, 6.45) is 3.48. The third kappa shape index (κ3) is 2.49. The Hall–Kier alpha value is -1.43. The normalized spacial score (nSPS) is 31.1. The number of amides is 2. The van der Waals surface area contributed by atoms with Crippen LogP contribution in [0, 0.1) is 5.92 Å². The Morgan fingerprint density at radius 1 is 1.42 bits per heavy atom. The number of carbonyl (C=O) groups is 3. The van der Waals surface area contributed by atoms with Crippen LogP contribution in [0.15, 0.2) is 0 Å². The van der Waals surface area contributed by atoms with E-state index in [1.54, 1.807) is 0 Å². The molecule has 6 heteroatoms. The Bertz CT molecular complexity index is 393. The maximum absolute atomic E-state index is 11.8. The van der Waals surface area contributed by atoms with Crippen LogP contribution in [0.3, 0.4) is 0 Å². The van der Waals surface area contributed by atoms with Crippen molar-refractivity contribution in [3.8, 4) is 0 Å². The van der Waals surface area contributed by atoms with Crippen LogP contribution >= 0.6 is 0 Å². The second kappa shape index (κ2) is 5.28.